The second-order valence-electron chi connectivity index (χ2n) is 6.82. The van der Waals surface area contributed by atoms with Crippen molar-refractivity contribution in [2.24, 2.45) is 11.5 Å². The number of aliphatic hydroxyl groups is 1. The highest BCUT2D eigenvalue weighted by atomic mass is 19.1. The van der Waals surface area contributed by atoms with Gasteiger partial charge in [0.05, 0.1) is 11.3 Å². The summed E-state index contributed by atoms with van der Waals surface area (Å²) < 4.78 is 28.1. The molecule has 0 spiro atoms. The van der Waals surface area contributed by atoms with Gasteiger partial charge in [0.25, 0.3) is 0 Å². The van der Waals surface area contributed by atoms with E-state index in [9.17, 15) is 8.78 Å². The summed E-state index contributed by atoms with van der Waals surface area (Å²) in [7, 11) is 0. The Hall–Kier alpha value is -3.66. The molecule has 31 heavy (non-hydrogen) atoms. The van der Waals surface area contributed by atoms with Crippen molar-refractivity contribution in [2.75, 3.05) is 0 Å². The van der Waals surface area contributed by atoms with E-state index < -0.39 is 11.6 Å². The molecule has 2 heterocycles. The van der Waals surface area contributed by atoms with Gasteiger partial charge in [-0.1, -0.05) is 19.9 Å². The predicted molar refractivity (Wildman–Crippen MR) is 112 cm³/mol. The maximum Gasteiger partial charge on any atom is 0.219 e. The van der Waals surface area contributed by atoms with Crippen molar-refractivity contribution in [3.05, 3.63) is 76.5 Å². The number of halogens is 2. The highest BCUT2D eigenvalue weighted by molar-refractivity contribution is 5.66. The summed E-state index contributed by atoms with van der Waals surface area (Å²) in [5.41, 5.74) is 13.7. The normalized spacial score (nSPS) is 13.8. The molecular formula is C21H23F2N7O. The maximum absolute atomic E-state index is 14.1. The lowest BCUT2D eigenvalue weighted by Crippen LogP contribution is -2.13. The average Bonchev–Trinajstić information content (AvgIpc) is 3.26. The van der Waals surface area contributed by atoms with Gasteiger partial charge < -0.3 is 16.6 Å². The van der Waals surface area contributed by atoms with Crippen LogP contribution in [0.2, 0.25) is 0 Å². The van der Waals surface area contributed by atoms with Crippen LogP contribution < -0.4 is 11.5 Å². The molecular weight excluding hydrogens is 404 g/mol. The number of nitrogens with two attached hydrogens (primary N) is 2. The van der Waals surface area contributed by atoms with Gasteiger partial charge in [-0.25, -0.2) is 23.7 Å². The Kier molecular flexibility index (Phi) is 6.71. The quantitative estimate of drug-likeness (QED) is 0.425. The van der Waals surface area contributed by atoms with Crippen molar-refractivity contribution in [1.29, 1.82) is 0 Å². The first-order chi connectivity index (χ1) is 14.8. The van der Waals surface area contributed by atoms with E-state index in [1.54, 1.807) is 12.3 Å². The summed E-state index contributed by atoms with van der Waals surface area (Å²) in [6, 6.07) is 5.28. The Labute approximate surface area is 177 Å². The molecule has 0 amide bonds. The van der Waals surface area contributed by atoms with Crippen LogP contribution in [0.25, 0.3) is 17.3 Å². The van der Waals surface area contributed by atoms with Crippen molar-refractivity contribution in [2.45, 2.75) is 32.8 Å². The molecule has 3 aromatic rings. The van der Waals surface area contributed by atoms with Crippen LogP contribution in [-0.2, 0) is 6.61 Å². The standard InChI is InChI=1S/C21H23F2N7O/c1-3-12(9-15(24)18-13(22)5-4-6-14(18)23)19(25)11(2)16-7-8-26-20(27-16)21-28-17(10-31)29-30-21/h4-9,11,31H,3,10,24-25H2,1-2H3,(H,28,29,30)/b15-9-,19-12-. The molecule has 0 aliphatic rings. The van der Waals surface area contributed by atoms with Crippen LogP contribution in [0, 0.1) is 11.6 Å². The van der Waals surface area contributed by atoms with Crippen molar-refractivity contribution in [3.63, 3.8) is 0 Å². The lowest BCUT2D eigenvalue weighted by atomic mass is 9.96. The molecule has 0 radical (unpaired) electrons. The second-order valence-corrected chi connectivity index (χ2v) is 6.82. The number of benzene rings is 1. The Morgan fingerprint density at radius 1 is 1.16 bits per heavy atom. The number of aliphatic hydroxyl groups excluding tert-OH is 1. The summed E-state index contributed by atoms with van der Waals surface area (Å²) in [4.78, 5) is 12.7. The first-order valence-corrected chi connectivity index (χ1v) is 9.61. The highest BCUT2D eigenvalue weighted by Crippen LogP contribution is 2.26. The van der Waals surface area contributed by atoms with Crippen LogP contribution in [0.1, 0.15) is 43.3 Å². The lowest BCUT2D eigenvalue weighted by molar-refractivity contribution is 0.272. The number of allylic oxidation sites excluding steroid dienone is 3. The molecule has 8 nitrogen and oxygen atoms in total. The molecule has 0 fully saturated rings. The largest absolute Gasteiger partial charge is 0.401 e. The van der Waals surface area contributed by atoms with Crippen LogP contribution in [0.15, 0.2) is 47.8 Å². The van der Waals surface area contributed by atoms with Gasteiger partial charge in [0, 0.05) is 23.5 Å². The molecule has 0 saturated carbocycles. The number of aromatic amines is 1. The van der Waals surface area contributed by atoms with Crippen LogP contribution in [0.3, 0.4) is 0 Å². The minimum absolute atomic E-state index is 0.0526. The van der Waals surface area contributed by atoms with Crippen LogP contribution >= 0.6 is 0 Å². The van der Waals surface area contributed by atoms with Gasteiger partial charge in [0.2, 0.25) is 5.82 Å². The Bertz CT molecular complexity index is 1120. The summed E-state index contributed by atoms with van der Waals surface area (Å²) in [5, 5.41) is 15.7. The van der Waals surface area contributed by atoms with Crippen molar-refractivity contribution in [3.8, 4) is 11.6 Å². The third kappa shape index (κ3) is 4.75. The minimum Gasteiger partial charge on any atom is -0.401 e. The number of nitrogens with one attached hydrogen (secondary N) is 1. The molecule has 0 aliphatic heterocycles. The Morgan fingerprint density at radius 2 is 1.87 bits per heavy atom. The van der Waals surface area contributed by atoms with Gasteiger partial charge >= 0.3 is 0 Å². The van der Waals surface area contributed by atoms with E-state index >= 15 is 0 Å². The fourth-order valence-corrected chi connectivity index (χ4v) is 3.05. The second kappa shape index (κ2) is 9.43. The molecule has 1 unspecified atom stereocenters. The van der Waals surface area contributed by atoms with Gasteiger partial charge in [-0.3, -0.25) is 5.10 Å². The SMILES string of the molecule is CCC(/C=C(\N)c1c(F)cccc1F)=C(/N)C(C)c1ccnc(-c2n[nH]c(CO)n2)n1. The zero-order valence-electron chi connectivity index (χ0n) is 17.1. The summed E-state index contributed by atoms with van der Waals surface area (Å²) in [6.45, 7) is 3.43. The van der Waals surface area contributed by atoms with Gasteiger partial charge in [0.1, 0.15) is 18.2 Å². The molecule has 10 heteroatoms. The van der Waals surface area contributed by atoms with E-state index in [2.05, 4.69) is 25.1 Å². The molecule has 162 valence electrons. The van der Waals surface area contributed by atoms with E-state index in [1.807, 2.05) is 13.8 Å². The van der Waals surface area contributed by atoms with E-state index in [4.69, 9.17) is 16.6 Å². The number of aromatic nitrogens is 5. The van der Waals surface area contributed by atoms with Gasteiger partial charge in [-0.05, 0) is 36.3 Å². The molecule has 2 aromatic heterocycles. The summed E-state index contributed by atoms with van der Waals surface area (Å²) >= 11 is 0. The third-order valence-electron chi connectivity index (χ3n) is 4.80. The van der Waals surface area contributed by atoms with Crippen LogP contribution in [0.4, 0.5) is 8.78 Å². The molecule has 3 rings (SSSR count). The van der Waals surface area contributed by atoms with Crippen LogP contribution in [-0.4, -0.2) is 30.3 Å². The van der Waals surface area contributed by atoms with E-state index in [-0.39, 0.29) is 35.4 Å². The number of hydrogen-bond donors (Lipinski definition) is 4. The van der Waals surface area contributed by atoms with Gasteiger partial charge in [0.15, 0.2) is 11.6 Å². The first kappa shape index (κ1) is 22.0. The first-order valence-electron chi connectivity index (χ1n) is 9.61. The predicted octanol–water partition coefficient (Wildman–Crippen LogP) is 2.76. The van der Waals surface area contributed by atoms with Crippen molar-refractivity contribution >= 4 is 5.70 Å². The number of H-pyrrole nitrogens is 1. The number of rotatable bonds is 7. The summed E-state index contributed by atoms with van der Waals surface area (Å²) in [6.07, 6.45) is 3.53. The molecule has 1 aromatic carbocycles. The monoisotopic (exact) mass is 427 g/mol. The molecule has 0 aliphatic carbocycles. The fraction of sp³-hybridized carbons (Fsp3) is 0.238. The molecule has 0 saturated heterocycles. The van der Waals surface area contributed by atoms with E-state index in [0.29, 0.717) is 29.2 Å². The molecule has 6 N–H and O–H groups in total. The molecule has 1 atom stereocenters. The topological polar surface area (TPSA) is 140 Å². The number of nitrogens with zero attached hydrogens (tertiary/aromatic N) is 4. The zero-order valence-corrected chi connectivity index (χ0v) is 17.1. The Balaban J connectivity index is 1.95. The van der Waals surface area contributed by atoms with Crippen molar-refractivity contribution in [1.82, 2.24) is 25.1 Å². The Morgan fingerprint density at radius 3 is 2.48 bits per heavy atom. The smallest absolute Gasteiger partial charge is 0.219 e. The molecule has 0 bridgehead atoms. The lowest BCUT2D eigenvalue weighted by Gasteiger charge is -2.16. The summed E-state index contributed by atoms with van der Waals surface area (Å²) in [5.74, 6) is -1.02. The fourth-order valence-electron chi connectivity index (χ4n) is 3.05. The van der Waals surface area contributed by atoms with E-state index in [1.165, 1.54) is 12.1 Å². The third-order valence-corrected chi connectivity index (χ3v) is 4.80. The highest BCUT2D eigenvalue weighted by Gasteiger charge is 2.17. The minimum atomic E-state index is -0.745. The van der Waals surface area contributed by atoms with E-state index in [0.717, 1.165) is 12.1 Å². The zero-order chi connectivity index (χ0) is 22.5. The van der Waals surface area contributed by atoms with Gasteiger partial charge in [-0.15, -0.1) is 5.10 Å². The van der Waals surface area contributed by atoms with Crippen molar-refractivity contribution < 1.29 is 13.9 Å². The van der Waals surface area contributed by atoms with Gasteiger partial charge in [-0.2, -0.15) is 0 Å². The number of hydrogen-bond acceptors (Lipinski definition) is 7. The van der Waals surface area contributed by atoms with Crippen LogP contribution in [0.5, 0.6) is 0 Å². The maximum atomic E-state index is 14.1. The average molecular weight is 427 g/mol.